The van der Waals surface area contributed by atoms with Crippen LogP contribution in [0.4, 0.5) is 11.4 Å². The SMILES string of the molecule is CC1(C)OB(c2ccc(-c3ccc(N(C4=CCCC=C4)c4cccc5ccccc45)cc3)cc2)OC1(C)C. The number of benzene rings is 4. The van der Waals surface area contributed by atoms with Gasteiger partial charge in [0, 0.05) is 16.8 Å². The van der Waals surface area contributed by atoms with Crippen LogP contribution in [0, 0.1) is 0 Å². The van der Waals surface area contributed by atoms with E-state index in [0.717, 1.165) is 24.0 Å². The average molecular weight is 499 g/mol. The predicted octanol–water partition coefficient (Wildman–Crippen LogP) is 8.18. The number of hydrogen-bond acceptors (Lipinski definition) is 3. The molecule has 0 unspecified atom stereocenters. The molecule has 1 aliphatic heterocycles. The average Bonchev–Trinajstić information content (AvgIpc) is 3.16. The fourth-order valence-corrected chi connectivity index (χ4v) is 5.21. The molecule has 6 rings (SSSR count). The molecule has 2 aliphatic rings. The Bertz CT molecular complexity index is 1500. The first-order chi connectivity index (χ1) is 18.3. The van der Waals surface area contributed by atoms with E-state index in [2.05, 4.69) is 142 Å². The van der Waals surface area contributed by atoms with Gasteiger partial charge in [-0.15, -0.1) is 0 Å². The third-order valence-corrected chi connectivity index (χ3v) is 8.14. The lowest BCUT2D eigenvalue weighted by Gasteiger charge is -2.32. The van der Waals surface area contributed by atoms with Crippen LogP contribution in [0.25, 0.3) is 21.9 Å². The van der Waals surface area contributed by atoms with E-state index in [9.17, 15) is 0 Å². The fraction of sp³-hybridized carbons (Fsp3) is 0.235. The first-order valence-corrected chi connectivity index (χ1v) is 13.5. The zero-order valence-corrected chi connectivity index (χ0v) is 22.6. The van der Waals surface area contributed by atoms with Gasteiger partial charge in [0.1, 0.15) is 0 Å². The van der Waals surface area contributed by atoms with Gasteiger partial charge in [0.15, 0.2) is 0 Å². The van der Waals surface area contributed by atoms with Crippen molar-refractivity contribution in [3.05, 3.63) is 115 Å². The van der Waals surface area contributed by atoms with Crippen LogP contribution in [0.2, 0.25) is 0 Å². The van der Waals surface area contributed by atoms with Crippen molar-refractivity contribution in [3.63, 3.8) is 0 Å². The number of hydrogen-bond donors (Lipinski definition) is 0. The van der Waals surface area contributed by atoms with Gasteiger partial charge in [-0.2, -0.15) is 0 Å². The highest BCUT2D eigenvalue weighted by molar-refractivity contribution is 6.62. The molecule has 1 aliphatic carbocycles. The molecule has 1 heterocycles. The van der Waals surface area contributed by atoms with E-state index in [1.165, 1.54) is 33.3 Å². The second-order valence-electron chi connectivity index (χ2n) is 11.2. The van der Waals surface area contributed by atoms with Crippen molar-refractivity contribution in [1.82, 2.24) is 0 Å². The second kappa shape index (κ2) is 9.61. The Morgan fingerprint density at radius 2 is 1.32 bits per heavy atom. The standard InChI is InChI=1S/C34H34BNO2/c1-33(2)34(3,4)38-35(37-33)28-21-17-25(18-22-28)26-19-23-30(24-20-26)36(29-13-6-5-7-14-29)32-16-10-12-27-11-8-9-15-31(27)32/h6,8-24H,5,7H2,1-4H3. The van der Waals surface area contributed by atoms with E-state index in [4.69, 9.17) is 9.31 Å². The molecule has 0 amide bonds. The first-order valence-electron chi connectivity index (χ1n) is 13.5. The van der Waals surface area contributed by atoms with Gasteiger partial charge in [-0.05, 0) is 86.8 Å². The molecule has 190 valence electrons. The summed E-state index contributed by atoms with van der Waals surface area (Å²) in [5.74, 6) is 0. The Hall–Kier alpha value is -3.60. The van der Waals surface area contributed by atoms with Crippen molar-refractivity contribution in [2.75, 3.05) is 4.90 Å². The zero-order chi connectivity index (χ0) is 26.3. The highest BCUT2D eigenvalue weighted by atomic mass is 16.7. The topological polar surface area (TPSA) is 21.7 Å². The summed E-state index contributed by atoms with van der Waals surface area (Å²) in [5, 5.41) is 2.49. The van der Waals surface area contributed by atoms with Crippen molar-refractivity contribution >= 4 is 34.7 Å². The predicted molar refractivity (Wildman–Crippen MR) is 160 cm³/mol. The lowest BCUT2D eigenvalue weighted by atomic mass is 9.78. The van der Waals surface area contributed by atoms with Gasteiger partial charge in [-0.1, -0.05) is 84.9 Å². The molecular formula is C34H34BNO2. The van der Waals surface area contributed by atoms with E-state index >= 15 is 0 Å². The molecule has 38 heavy (non-hydrogen) atoms. The normalized spacial score (nSPS) is 18.0. The molecule has 0 bridgehead atoms. The molecule has 0 saturated carbocycles. The Balaban J connectivity index is 1.31. The van der Waals surface area contributed by atoms with Crippen LogP contribution in [0.15, 0.2) is 115 Å². The second-order valence-corrected chi connectivity index (χ2v) is 11.2. The van der Waals surface area contributed by atoms with E-state index in [-0.39, 0.29) is 18.3 Å². The number of nitrogens with zero attached hydrogens (tertiary/aromatic N) is 1. The van der Waals surface area contributed by atoms with Gasteiger partial charge < -0.3 is 14.2 Å². The number of anilines is 2. The molecule has 0 atom stereocenters. The fourth-order valence-electron chi connectivity index (χ4n) is 5.21. The minimum absolute atomic E-state index is 0.342. The van der Waals surface area contributed by atoms with Gasteiger partial charge in [-0.25, -0.2) is 0 Å². The van der Waals surface area contributed by atoms with Gasteiger partial charge in [0.2, 0.25) is 0 Å². The van der Waals surface area contributed by atoms with Crippen molar-refractivity contribution in [2.24, 2.45) is 0 Å². The van der Waals surface area contributed by atoms with Crippen LogP contribution in [-0.2, 0) is 9.31 Å². The van der Waals surface area contributed by atoms with E-state index in [0.29, 0.717) is 0 Å². The molecule has 0 N–H and O–H groups in total. The van der Waals surface area contributed by atoms with E-state index in [1.807, 2.05) is 0 Å². The van der Waals surface area contributed by atoms with Gasteiger partial charge in [0.05, 0.1) is 16.9 Å². The van der Waals surface area contributed by atoms with Crippen LogP contribution in [0.5, 0.6) is 0 Å². The minimum atomic E-state index is -0.345. The van der Waals surface area contributed by atoms with Crippen LogP contribution in [-0.4, -0.2) is 18.3 Å². The first kappa shape index (κ1) is 24.7. The Kier molecular flexibility index (Phi) is 6.26. The van der Waals surface area contributed by atoms with Gasteiger partial charge >= 0.3 is 7.12 Å². The zero-order valence-electron chi connectivity index (χ0n) is 22.6. The Labute approximate surface area is 226 Å². The van der Waals surface area contributed by atoms with Crippen LogP contribution < -0.4 is 10.4 Å². The van der Waals surface area contributed by atoms with Crippen molar-refractivity contribution in [2.45, 2.75) is 51.7 Å². The summed E-state index contributed by atoms with van der Waals surface area (Å²) in [5.41, 5.74) is 6.27. The molecule has 0 aromatic heterocycles. The molecule has 1 fully saturated rings. The van der Waals surface area contributed by atoms with Crippen molar-refractivity contribution < 1.29 is 9.31 Å². The lowest BCUT2D eigenvalue weighted by Crippen LogP contribution is -2.41. The molecule has 4 aromatic carbocycles. The third kappa shape index (κ3) is 4.49. The van der Waals surface area contributed by atoms with Crippen LogP contribution >= 0.6 is 0 Å². The van der Waals surface area contributed by atoms with E-state index in [1.54, 1.807) is 0 Å². The molecule has 3 nitrogen and oxygen atoms in total. The summed E-state index contributed by atoms with van der Waals surface area (Å²) in [6.45, 7) is 8.35. The third-order valence-electron chi connectivity index (χ3n) is 8.14. The quantitative estimate of drug-likeness (QED) is 0.259. The van der Waals surface area contributed by atoms with E-state index < -0.39 is 0 Å². The largest absolute Gasteiger partial charge is 0.494 e. The summed E-state index contributed by atoms with van der Waals surface area (Å²) >= 11 is 0. The van der Waals surface area contributed by atoms with Crippen LogP contribution in [0.3, 0.4) is 0 Å². The summed E-state index contributed by atoms with van der Waals surface area (Å²) in [6, 6.07) is 32.6. The summed E-state index contributed by atoms with van der Waals surface area (Å²) in [4.78, 5) is 2.38. The number of fused-ring (bicyclic) bond motifs is 1. The van der Waals surface area contributed by atoms with Crippen LogP contribution in [0.1, 0.15) is 40.5 Å². The molecule has 4 heteroatoms. The van der Waals surface area contributed by atoms with Gasteiger partial charge in [-0.3, -0.25) is 0 Å². The molecular weight excluding hydrogens is 465 g/mol. The Morgan fingerprint density at radius 3 is 1.97 bits per heavy atom. The minimum Gasteiger partial charge on any atom is -0.399 e. The van der Waals surface area contributed by atoms with Crippen molar-refractivity contribution in [3.8, 4) is 11.1 Å². The molecule has 0 radical (unpaired) electrons. The van der Waals surface area contributed by atoms with Gasteiger partial charge in [0.25, 0.3) is 0 Å². The summed E-state index contributed by atoms with van der Waals surface area (Å²) in [6.07, 6.45) is 9.00. The van der Waals surface area contributed by atoms with Crippen molar-refractivity contribution in [1.29, 1.82) is 0 Å². The summed E-state index contributed by atoms with van der Waals surface area (Å²) < 4.78 is 12.5. The highest BCUT2D eigenvalue weighted by Crippen LogP contribution is 2.38. The Morgan fingerprint density at radius 1 is 0.684 bits per heavy atom. The summed E-state index contributed by atoms with van der Waals surface area (Å²) in [7, 11) is -0.345. The maximum absolute atomic E-state index is 6.23. The lowest BCUT2D eigenvalue weighted by molar-refractivity contribution is 0.00578. The number of allylic oxidation sites excluding steroid dienone is 3. The highest BCUT2D eigenvalue weighted by Gasteiger charge is 2.51. The maximum Gasteiger partial charge on any atom is 0.494 e. The smallest absolute Gasteiger partial charge is 0.399 e. The monoisotopic (exact) mass is 499 g/mol. The number of rotatable bonds is 5. The molecule has 1 saturated heterocycles. The maximum atomic E-state index is 6.23. The molecule has 0 spiro atoms. The molecule has 4 aromatic rings.